The van der Waals surface area contributed by atoms with Crippen molar-refractivity contribution in [1.82, 2.24) is 4.90 Å². The van der Waals surface area contributed by atoms with E-state index in [2.05, 4.69) is 30.3 Å². The van der Waals surface area contributed by atoms with Gasteiger partial charge in [-0.2, -0.15) is 0 Å². The molecule has 1 aromatic rings. The molecular weight excluding hydrogens is 252 g/mol. The number of rotatable bonds is 4. The average Bonchev–Trinajstić information content (AvgIpc) is 2.44. The minimum absolute atomic E-state index is 0.128. The van der Waals surface area contributed by atoms with Gasteiger partial charge in [-0.25, -0.2) is 4.79 Å². The van der Waals surface area contributed by atoms with E-state index < -0.39 is 5.54 Å². The van der Waals surface area contributed by atoms with Crippen LogP contribution in [0.4, 0.5) is 5.69 Å². The van der Waals surface area contributed by atoms with Gasteiger partial charge >= 0.3 is 5.97 Å². The number of aryl methyl sites for hydroxylation is 1. The molecule has 0 atom stereocenters. The lowest BCUT2D eigenvalue weighted by Crippen LogP contribution is -2.54. The van der Waals surface area contributed by atoms with Crippen LogP contribution in [0.2, 0.25) is 0 Å². The first-order chi connectivity index (χ1) is 9.57. The number of esters is 1. The van der Waals surface area contributed by atoms with E-state index in [0.717, 1.165) is 37.2 Å². The Kier molecular flexibility index (Phi) is 4.65. The van der Waals surface area contributed by atoms with Crippen LogP contribution in [0.5, 0.6) is 0 Å². The smallest absolute Gasteiger partial charge is 0.331 e. The van der Waals surface area contributed by atoms with Gasteiger partial charge in [0.1, 0.15) is 5.54 Å². The number of anilines is 1. The van der Waals surface area contributed by atoms with Crippen molar-refractivity contribution >= 4 is 11.7 Å². The van der Waals surface area contributed by atoms with Crippen LogP contribution in [0.25, 0.3) is 0 Å². The van der Waals surface area contributed by atoms with Gasteiger partial charge in [-0.15, -0.1) is 0 Å². The Morgan fingerprint density at radius 2 is 2.00 bits per heavy atom. The van der Waals surface area contributed by atoms with E-state index in [9.17, 15) is 4.79 Å². The summed E-state index contributed by atoms with van der Waals surface area (Å²) in [5.74, 6) is -0.128. The summed E-state index contributed by atoms with van der Waals surface area (Å²) in [6.45, 7) is 6.13. The van der Waals surface area contributed by atoms with Crippen LogP contribution in [-0.4, -0.2) is 43.2 Å². The highest BCUT2D eigenvalue weighted by Crippen LogP contribution is 2.29. The zero-order chi connectivity index (χ0) is 14.6. The van der Waals surface area contributed by atoms with Gasteiger partial charge in [-0.05, 0) is 45.4 Å². The van der Waals surface area contributed by atoms with Crippen LogP contribution in [0.3, 0.4) is 0 Å². The first kappa shape index (κ1) is 14.9. The molecule has 4 nitrogen and oxygen atoms in total. The van der Waals surface area contributed by atoms with Crippen molar-refractivity contribution in [3.8, 4) is 0 Å². The fourth-order valence-corrected chi connectivity index (χ4v) is 2.62. The minimum Gasteiger partial charge on any atom is -0.464 e. The maximum Gasteiger partial charge on any atom is 0.331 e. The number of carbonyl (C=O) groups is 1. The van der Waals surface area contributed by atoms with Crippen LogP contribution in [0, 0.1) is 6.92 Å². The number of para-hydroxylation sites is 1. The molecule has 0 unspecified atom stereocenters. The Morgan fingerprint density at radius 3 is 2.60 bits per heavy atom. The van der Waals surface area contributed by atoms with E-state index in [1.54, 1.807) is 0 Å². The predicted octanol–water partition coefficient (Wildman–Crippen LogP) is 2.43. The summed E-state index contributed by atoms with van der Waals surface area (Å²) in [6, 6.07) is 8.07. The highest BCUT2D eigenvalue weighted by Gasteiger charge is 2.42. The molecule has 0 radical (unpaired) electrons. The molecule has 1 saturated heterocycles. The third-order valence-electron chi connectivity index (χ3n) is 4.03. The number of hydrogen-bond donors (Lipinski definition) is 1. The van der Waals surface area contributed by atoms with Crippen molar-refractivity contribution in [3.63, 3.8) is 0 Å². The van der Waals surface area contributed by atoms with Gasteiger partial charge < -0.3 is 15.0 Å². The summed E-state index contributed by atoms with van der Waals surface area (Å²) in [6.07, 6.45) is 1.55. The standard InChI is InChI=1S/C16H24N2O2/c1-4-20-15(19)16(9-11-18(3)12-10-16)17-14-8-6-5-7-13(14)2/h5-8,17H,4,9-12H2,1-3H3. The molecule has 1 heterocycles. The van der Waals surface area contributed by atoms with Crippen molar-refractivity contribution < 1.29 is 9.53 Å². The molecule has 1 aliphatic rings. The third-order valence-corrected chi connectivity index (χ3v) is 4.03. The van der Waals surface area contributed by atoms with E-state index in [-0.39, 0.29) is 5.97 Å². The van der Waals surface area contributed by atoms with E-state index in [4.69, 9.17) is 4.74 Å². The number of likely N-dealkylation sites (tertiary alicyclic amines) is 1. The van der Waals surface area contributed by atoms with Gasteiger partial charge in [-0.1, -0.05) is 18.2 Å². The largest absolute Gasteiger partial charge is 0.464 e. The molecule has 1 aromatic carbocycles. The molecule has 4 heteroatoms. The van der Waals surface area contributed by atoms with Gasteiger partial charge in [0.2, 0.25) is 0 Å². The molecule has 2 rings (SSSR count). The van der Waals surface area contributed by atoms with Crippen molar-refractivity contribution in [2.75, 3.05) is 32.1 Å². The van der Waals surface area contributed by atoms with Gasteiger partial charge in [-0.3, -0.25) is 0 Å². The van der Waals surface area contributed by atoms with Crippen molar-refractivity contribution in [3.05, 3.63) is 29.8 Å². The maximum absolute atomic E-state index is 12.4. The summed E-state index contributed by atoms with van der Waals surface area (Å²) in [7, 11) is 2.09. The van der Waals surface area contributed by atoms with Crippen LogP contribution in [0.15, 0.2) is 24.3 Å². The van der Waals surface area contributed by atoms with Crippen LogP contribution >= 0.6 is 0 Å². The molecule has 20 heavy (non-hydrogen) atoms. The summed E-state index contributed by atoms with van der Waals surface area (Å²) >= 11 is 0. The molecule has 0 spiro atoms. The molecule has 0 amide bonds. The Bertz CT molecular complexity index is 465. The van der Waals surface area contributed by atoms with Gasteiger partial charge in [0, 0.05) is 18.8 Å². The van der Waals surface area contributed by atoms with E-state index >= 15 is 0 Å². The number of carbonyl (C=O) groups excluding carboxylic acids is 1. The van der Waals surface area contributed by atoms with Crippen molar-refractivity contribution in [1.29, 1.82) is 0 Å². The number of piperidine rings is 1. The summed E-state index contributed by atoms with van der Waals surface area (Å²) < 4.78 is 5.31. The highest BCUT2D eigenvalue weighted by molar-refractivity contribution is 5.85. The summed E-state index contributed by atoms with van der Waals surface area (Å²) in [5.41, 5.74) is 1.58. The quantitative estimate of drug-likeness (QED) is 0.858. The Morgan fingerprint density at radius 1 is 1.35 bits per heavy atom. The van der Waals surface area contributed by atoms with Gasteiger partial charge in [0.15, 0.2) is 0 Å². The number of nitrogens with one attached hydrogen (secondary N) is 1. The normalized spacial score (nSPS) is 18.6. The van der Waals surface area contributed by atoms with E-state index in [1.807, 2.05) is 25.1 Å². The summed E-state index contributed by atoms with van der Waals surface area (Å²) in [4.78, 5) is 14.7. The lowest BCUT2D eigenvalue weighted by atomic mass is 9.87. The van der Waals surface area contributed by atoms with Crippen LogP contribution in [0.1, 0.15) is 25.3 Å². The first-order valence-electron chi connectivity index (χ1n) is 7.27. The average molecular weight is 276 g/mol. The first-order valence-corrected chi connectivity index (χ1v) is 7.27. The van der Waals surface area contributed by atoms with Crippen molar-refractivity contribution in [2.24, 2.45) is 0 Å². The van der Waals surface area contributed by atoms with Gasteiger partial charge in [0.05, 0.1) is 6.61 Å². The molecule has 110 valence electrons. The number of nitrogens with zero attached hydrogens (tertiary/aromatic N) is 1. The summed E-state index contributed by atoms with van der Waals surface area (Å²) in [5, 5.41) is 3.47. The molecule has 0 aliphatic carbocycles. The second-order valence-electron chi connectivity index (χ2n) is 5.55. The fourth-order valence-electron chi connectivity index (χ4n) is 2.62. The minimum atomic E-state index is -0.589. The highest BCUT2D eigenvalue weighted by atomic mass is 16.5. The molecule has 0 aromatic heterocycles. The van der Waals surface area contributed by atoms with E-state index in [1.165, 1.54) is 0 Å². The Labute approximate surface area is 121 Å². The second-order valence-corrected chi connectivity index (χ2v) is 5.55. The second kappa shape index (κ2) is 6.27. The lowest BCUT2D eigenvalue weighted by molar-refractivity contribution is -0.150. The van der Waals surface area contributed by atoms with Crippen LogP contribution in [-0.2, 0) is 9.53 Å². The molecule has 1 N–H and O–H groups in total. The molecule has 0 saturated carbocycles. The Balaban J connectivity index is 2.23. The third kappa shape index (κ3) is 3.12. The number of hydrogen-bond acceptors (Lipinski definition) is 4. The number of ether oxygens (including phenoxy) is 1. The molecule has 0 bridgehead atoms. The zero-order valence-corrected chi connectivity index (χ0v) is 12.6. The fraction of sp³-hybridized carbons (Fsp3) is 0.562. The number of benzene rings is 1. The maximum atomic E-state index is 12.4. The molecule has 1 fully saturated rings. The van der Waals surface area contributed by atoms with Crippen molar-refractivity contribution in [2.45, 2.75) is 32.2 Å². The molecular formula is C16H24N2O2. The van der Waals surface area contributed by atoms with E-state index in [0.29, 0.717) is 6.61 Å². The zero-order valence-electron chi connectivity index (χ0n) is 12.6. The lowest BCUT2D eigenvalue weighted by Gasteiger charge is -2.40. The SMILES string of the molecule is CCOC(=O)C1(Nc2ccccc2C)CCN(C)CC1. The molecule has 1 aliphatic heterocycles. The predicted molar refractivity (Wildman–Crippen MR) is 80.9 cm³/mol. The Hall–Kier alpha value is -1.55. The monoisotopic (exact) mass is 276 g/mol. The van der Waals surface area contributed by atoms with Gasteiger partial charge in [0.25, 0.3) is 0 Å². The van der Waals surface area contributed by atoms with Crippen LogP contribution < -0.4 is 5.32 Å². The topological polar surface area (TPSA) is 41.6 Å².